The second-order valence-electron chi connectivity index (χ2n) is 13.6. The molecule has 8 atom stereocenters. The number of hydrogen-bond acceptors (Lipinski definition) is 11. The van der Waals surface area contributed by atoms with Crippen LogP contribution in [0.5, 0.6) is 0 Å². The third-order valence-corrected chi connectivity index (χ3v) is 10.0. The number of hydrogen-bond donors (Lipinski definition) is 0. The minimum absolute atomic E-state index is 0.0341. The third kappa shape index (κ3) is 7.00. The smallest absolute Gasteiger partial charge is 0.331 e. The lowest BCUT2D eigenvalue weighted by Crippen LogP contribution is -2.68. The number of Topliss-reactive ketones (excluding diaryl/α,β-unsaturated/α-hetero) is 1. The van der Waals surface area contributed by atoms with E-state index in [1.54, 1.807) is 19.9 Å². The van der Waals surface area contributed by atoms with E-state index >= 15 is 0 Å². The Hall–Kier alpha value is -4.54. The summed E-state index contributed by atoms with van der Waals surface area (Å²) < 4.78 is 30.0. The van der Waals surface area contributed by atoms with Crippen molar-refractivity contribution in [1.29, 1.82) is 0 Å². The fraction of sp³-hybridized carbons (Fsp3) is 0.514. The van der Waals surface area contributed by atoms with Gasteiger partial charge < -0.3 is 23.7 Å². The van der Waals surface area contributed by atoms with E-state index in [1.807, 2.05) is 44.2 Å². The van der Waals surface area contributed by atoms with Crippen LogP contribution >= 0.6 is 0 Å². The molecule has 0 unspecified atom stereocenters. The van der Waals surface area contributed by atoms with Crippen LogP contribution in [0.25, 0.3) is 6.08 Å². The van der Waals surface area contributed by atoms with Gasteiger partial charge in [0.05, 0.1) is 5.41 Å². The van der Waals surface area contributed by atoms with Crippen LogP contribution in [0.1, 0.15) is 73.8 Å². The van der Waals surface area contributed by atoms with Crippen LogP contribution in [0, 0.1) is 22.7 Å². The second-order valence-corrected chi connectivity index (χ2v) is 13.6. The lowest BCUT2D eigenvalue weighted by atomic mass is 9.48. The van der Waals surface area contributed by atoms with Gasteiger partial charge >= 0.3 is 29.8 Å². The van der Waals surface area contributed by atoms with Gasteiger partial charge in [-0.15, -0.1) is 0 Å². The molecule has 0 heterocycles. The van der Waals surface area contributed by atoms with Gasteiger partial charge in [-0.2, -0.15) is 0 Å². The Labute approximate surface area is 280 Å². The molecule has 3 aliphatic carbocycles. The van der Waals surface area contributed by atoms with Crippen LogP contribution in [0.15, 0.2) is 59.7 Å². The number of carbonyl (C=O) groups is 6. The van der Waals surface area contributed by atoms with Gasteiger partial charge in [0.25, 0.3) is 0 Å². The van der Waals surface area contributed by atoms with Crippen molar-refractivity contribution in [3.05, 3.63) is 65.3 Å². The quantitative estimate of drug-likeness (QED) is 0.170. The number of fused-ring (bicyclic) bond motifs is 3. The van der Waals surface area contributed by atoms with Crippen LogP contribution in [0.3, 0.4) is 0 Å². The molecule has 48 heavy (non-hydrogen) atoms. The lowest BCUT2D eigenvalue weighted by molar-refractivity contribution is -0.228. The van der Waals surface area contributed by atoms with Crippen molar-refractivity contribution in [3.63, 3.8) is 0 Å². The van der Waals surface area contributed by atoms with E-state index < -0.39 is 83.0 Å². The Kier molecular flexibility index (Phi) is 10.5. The number of benzene rings is 1. The maximum atomic E-state index is 13.7. The molecule has 4 rings (SSSR count). The maximum absolute atomic E-state index is 13.7. The Morgan fingerprint density at radius 1 is 0.833 bits per heavy atom. The highest BCUT2D eigenvalue weighted by molar-refractivity contribution is 5.97. The summed E-state index contributed by atoms with van der Waals surface area (Å²) in [6.45, 7) is 16.2. The van der Waals surface area contributed by atoms with Gasteiger partial charge in [-0.25, -0.2) is 4.79 Å². The first kappa shape index (κ1) is 36.3. The Balaban J connectivity index is 1.98. The molecular weight excluding hydrogens is 620 g/mol. The lowest BCUT2D eigenvalue weighted by Gasteiger charge is -2.60. The minimum atomic E-state index is -1.49. The van der Waals surface area contributed by atoms with Crippen molar-refractivity contribution in [3.8, 4) is 0 Å². The highest BCUT2D eigenvalue weighted by Gasteiger charge is 2.68. The monoisotopic (exact) mass is 664 g/mol. The molecule has 0 radical (unpaired) electrons. The zero-order valence-corrected chi connectivity index (χ0v) is 28.7. The molecule has 3 aliphatic rings. The molecule has 0 amide bonds. The fourth-order valence-electron chi connectivity index (χ4n) is 8.00. The molecule has 1 aromatic rings. The van der Waals surface area contributed by atoms with E-state index in [9.17, 15) is 28.8 Å². The standard InChI is InChI=1S/C37H44O11/c1-19-27(42)17-26-33(45-22(4)39)32-20(2)28(48-30(43)16-15-25-13-11-10-12-14-25)18-29(44-21(3)38)37(32,9)35(47-24(6)41)34(46-23(5)40)31(19)36(26,7)8/h10-16,26,28-29,32-35H,2,17-18H2,1,3-9H3/t26-,28-,29+,32+,33+,34+,35+,37+/m1/s1. The SMILES string of the molecule is C=C1[C@H](OC(=O)C=Cc2ccccc2)C[C@H](OC(C)=O)[C@]2(C)[C@@H](OC(C)=O)[C@@H](OC(C)=O)C3=C(C)C(=O)C[C@H]([C@H](OC(C)=O)[C@H]12)C3(C)C. The molecule has 0 aromatic heterocycles. The zero-order chi connectivity index (χ0) is 35.7. The van der Waals surface area contributed by atoms with Gasteiger partial charge in [0.1, 0.15) is 18.3 Å². The Morgan fingerprint density at radius 3 is 1.98 bits per heavy atom. The molecule has 0 aliphatic heterocycles. The molecule has 0 N–H and O–H groups in total. The summed E-state index contributed by atoms with van der Waals surface area (Å²) in [5.41, 5.74) is -0.644. The van der Waals surface area contributed by atoms with E-state index in [-0.39, 0.29) is 18.6 Å². The number of ketones is 1. The summed E-state index contributed by atoms with van der Waals surface area (Å²) in [6.07, 6.45) is -3.23. The van der Waals surface area contributed by atoms with Gasteiger partial charge in [0.2, 0.25) is 0 Å². The summed E-state index contributed by atoms with van der Waals surface area (Å²) in [6, 6.07) is 9.12. The van der Waals surface area contributed by atoms with Crippen LogP contribution in [-0.4, -0.2) is 66.1 Å². The molecule has 0 spiro atoms. The number of rotatable bonds is 7. The first-order valence-electron chi connectivity index (χ1n) is 15.9. The van der Waals surface area contributed by atoms with Crippen LogP contribution in [0.2, 0.25) is 0 Å². The molecule has 2 bridgehead atoms. The molecule has 11 nitrogen and oxygen atoms in total. The minimum Gasteiger partial charge on any atom is -0.462 e. The summed E-state index contributed by atoms with van der Waals surface area (Å²) in [5.74, 6) is -5.45. The predicted molar refractivity (Wildman–Crippen MR) is 173 cm³/mol. The maximum Gasteiger partial charge on any atom is 0.331 e. The fourth-order valence-corrected chi connectivity index (χ4v) is 8.00. The van der Waals surface area contributed by atoms with E-state index in [2.05, 4.69) is 6.58 Å². The van der Waals surface area contributed by atoms with E-state index in [0.29, 0.717) is 16.7 Å². The number of esters is 5. The summed E-state index contributed by atoms with van der Waals surface area (Å²) in [7, 11) is 0. The summed E-state index contributed by atoms with van der Waals surface area (Å²) >= 11 is 0. The van der Waals surface area contributed by atoms with Crippen molar-refractivity contribution in [2.24, 2.45) is 22.7 Å². The third-order valence-electron chi connectivity index (χ3n) is 10.0. The van der Waals surface area contributed by atoms with Gasteiger partial charge in [-0.05, 0) is 40.7 Å². The molecule has 1 aromatic carbocycles. The normalized spacial score (nSPS) is 31.1. The van der Waals surface area contributed by atoms with Crippen molar-refractivity contribution >= 4 is 41.7 Å². The average Bonchev–Trinajstić information content (AvgIpc) is 2.97. The van der Waals surface area contributed by atoms with Crippen molar-refractivity contribution in [2.45, 2.75) is 98.8 Å². The Bertz CT molecular complexity index is 1570. The largest absolute Gasteiger partial charge is 0.462 e. The van der Waals surface area contributed by atoms with Crippen molar-refractivity contribution in [2.75, 3.05) is 0 Å². The van der Waals surface area contributed by atoms with Crippen molar-refractivity contribution in [1.82, 2.24) is 0 Å². The van der Waals surface area contributed by atoms with Crippen LogP contribution in [0.4, 0.5) is 0 Å². The highest BCUT2D eigenvalue weighted by atomic mass is 16.6. The topological polar surface area (TPSA) is 149 Å². The van der Waals surface area contributed by atoms with E-state index in [4.69, 9.17) is 23.7 Å². The molecular formula is C37H44O11. The van der Waals surface area contributed by atoms with E-state index in [1.165, 1.54) is 33.8 Å². The number of carbonyl (C=O) groups excluding carboxylic acids is 6. The molecule has 258 valence electrons. The van der Waals surface area contributed by atoms with Gasteiger partial charge in [0.15, 0.2) is 18.0 Å². The first-order valence-corrected chi connectivity index (χ1v) is 15.9. The van der Waals surface area contributed by atoms with Gasteiger partial charge in [0, 0.05) is 58.4 Å². The Morgan fingerprint density at radius 2 is 1.42 bits per heavy atom. The van der Waals surface area contributed by atoms with Crippen LogP contribution in [-0.2, 0) is 52.5 Å². The van der Waals surface area contributed by atoms with E-state index in [0.717, 1.165) is 5.56 Å². The summed E-state index contributed by atoms with van der Waals surface area (Å²) in [4.78, 5) is 78.0. The van der Waals surface area contributed by atoms with Gasteiger partial charge in [-0.1, -0.05) is 57.7 Å². The number of allylic oxidation sites excluding steroid dienone is 1. The van der Waals surface area contributed by atoms with Gasteiger partial charge in [-0.3, -0.25) is 24.0 Å². The van der Waals surface area contributed by atoms with Crippen molar-refractivity contribution < 1.29 is 52.5 Å². The number of ether oxygens (including phenoxy) is 5. The van der Waals surface area contributed by atoms with Crippen LogP contribution < -0.4 is 0 Å². The predicted octanol–water partition coefficient (Wildman–Crippen LogP) is 4.87. The summed E-state index contributed by atoms with van der Waals surface area (Å²) in [5, 5.41) is 0. The molecule has 2 fully saturated rings. The molecule has 0 saturated heterocycles. The molecule has 2 saturated carbocycles. The highest BCUT2D eigenvalue weighted by Crippen LogP contribution is 2.61. The molecule has 11 heteroatoms. The average molecular weight is 665 g/mol. The first-order chi connectivity index (χ1) is 22.4. The second kappa shape index (κ2) is 13.9. The zero-order valence-electron chi connectivity index (χ0n) is 28.7.